The molecule has 2 aromatic carbocycles. The van der Waals surface area contributed by atoms with Crippen LogP contribution >= 0.6 is 0 Å². The maximum absolute atomic E-state index is 13.4. The summed E-state index contributed by atoms with van der Waals surface area (Å²) in [4.78, 5) is 33.9. The van der Waals surface area contributed by atoms with Gasteiger partial charge in [-0.2, -0.15) is 13.2 Å². The van der Waals surface area contributed by atoms with Crippen LogP contribution < -0.4 is 5.32 Å². The number of imidazole rings is 1. The highest BCUT2D eigenvalue weighted by Crippen LogP contribution is 2.34. The van der Waals surface area contributed by atoms with Crippen molar-refractivity contribution in [3.05, 3.63) is 59.4 Å². The zero-order chi connectivity index (χ0) is 30.8. The standard InChI is InChI=1S/C29H35F3N4O5S/c1-17(2)36(3)20-10-13-23(19(14-20)16-42(39,40)21-11-8-18(9-12-21)28(38)41-4)34-26(37)15-25-33-24-7-5-6-22(27(24)35-25)29(30,31)32/h5-9,11-12,17,19-20,23H,10,13-16H2,1-4H3,(H,33,35)(H,34,37)/t19-,20?,23-/m1/s1. The maximum atomic E-state index is 13.4. The summed E-state index contributed by atoms with van der Waals surface area (Å²) in [7, 11) is -0.562. The number of amides is 1. The van der Waals surface area contributed by atoms with E-state index in [4.69, 9.17) is 0 Å². The monoisotopic (exact) mass is 608 g/mol. The number of fused-ring (bicyclic) bond motifs is 1. The van der Waals surface area contributed by atoms with Gasteiger partial charge >= 0.3 is 12.1 Å². The van der Waals surface area contributed by atoms with Gasteiger partial charge in [0.05, 0.1) is 40.8 Å². The smallest absolute Gasteiger partial charge is 0.418 e. The Morgan fingerprint density at radius 3 is 2.45 bits per heavy atom. The fourth-order valence-electron chi connectivity index (χ4n) is 5.50. The van der Waals surface area contributed by atoms with Crippen LogP contribution in [0.5, 0.6) is 0 Å². The van der Waals surface area contributed by atoms with Crippen LogP contribution in [-0.4, -0.2) is 73.2 Å². The second-order valence-electron chi connectivity index (χ2n) is 11.0. The Bertz CT molecular complexity index is 1540. The Labute approximate surface area is 242 Å². The van der Waals surface area contributed by atoms with E-state index in [0.29, 0.717) is 12.8 Å². The number of rotatable bonds is 9. The minimum Gasteiger partial charge on any atom is -0.465 e. The molecule has 3 atom stereocenters. The van der Waals surface area contributed by atoms with Crippen LogP contribution in [0.4, 0.5) is 13.2 Å². The van der Waals surface area contributed by atoms with E-state index in [-0.39, 0.29) is 51.6 Å². The number of nitrogens with zero attached hydrogens (tertiary/aromatic N) is 2. The first-order valence-corrected chi connectivity index (χ1v) is 15.3. The van der Waals surface area contributed by atoms with E-state index in [1.165, 1.54) is 43.5 Å². The minimum absolute atomic E-state index is 0.0577. The number of alkyl halides is 3. The molecular weight excluding hydrogens is 573 g/mol. The summed E-state index contributed by atoms with van der Waals surface area (Å²) >= 11 is 0. The first-order valence-electron chi connectivity index (χ1n) is 13.7. The van der Waals surface area contributed by atoms with Crippen LogP contribution in [0.3, 0.4) is 0 Å². The number of sulfone groups is 1. The van der Waals surface area contributed by atoms with Crippen LogP contribution in [0, 0.1) is 5.92 Å². The summed E-state index contributed by atoms with van der Waals surface area (Å²) in [6.45, 7) is 4.11. The van der Waals surface area contributed by atoms with E-state index in [9.17, 15) is 31.2 Å². The van der Waals surface area contributed by atoms with Crippen molar-refractivity contribution in [2.24, 2.45) is 5.92 Å². The van der Waals surface area contributed by atoms with Gasteiger partial charge in [-0.15, -0.1) is 0 Å². The number of aromatic amines is 1. The molecule has 1 aliphatic rings. The summed E-state index contributed by atoms with van der Waals surface area (Å²) < 4.78 is 71.8. The number of carbonyl (C=O) groups excluding carboxylic acids is 2. The van der Waals surface area contributed by atoms with E-state index in [1.807, 2.05) is 7.05 Å². The Balaban J connectivity index is 1.53. The quantitative estimate of drug-likeness (QED) is 0.346. The molecule has 1 amide bonds. The molecule has 42 heavy (non-hydrogen) atoms. The topological polar surface area (TPSA) is 121 Å². The molecule has 0 bridgehead atoms. The zero-order valence-corrected chi connectivity index (χ0v) is 24.7. The number of carbonyl (C=O) groups is 2. The summed E-state index contributed by atoms with van der Waals surface area (Å²) in [6.07, 6.45) is -3.07. The van der Waals surface area contributed by atoms with E-state index < -0.39 is 45.4 Å². The summed E-state index contributed by atoms with van der Waals surface area (Å²) in [5.41, 5.74) is -0.745. The van der Waals surface area contributed by atoms with E-state index >= 15 is 0 Å². The first kappa shape index (κ1) is 31.5. The molecule has 0 saturated heterocycles. The van der Waals surface area contributed by atoms with Gasteiger partial charge in [0.1, 0.15) is 11.3 Å². The number of hydrogen-bond acceptors (Lipinski definition) is 7. The lowest BCUT2D eigenvalue weighted by Gasteiger charge is -2.41. The molecule has 9 nitrogen and oxygen atoms in total. The predicted molar refractivity (Wildman–Crippen MR) is 151 cm³/mol. The Morgan fingerprint density at radius 1 is 1.14 bits per heavy atom. The largest absolute Gasteiger partial charge is 0.465 e. The highest BCUT2D eigenvalue weighted by molar-refractivity contribution is 7.91. The van der Waals surface area contributed by atoms with Crippen molar-refractivity contribution < 1.29 is 35.9 Å². The Hall–Kier alpha value is -3.45. The van der Waals surface area contributed by atoms with E-state index in [2.05, 4.69) is 38.8 Å². The average Bonchev–Trinajstić information content (AvgIpc) is 3.34. The van der Waals surface area contributed by atoms with E-state index in [0.717, 1.165) is 12.5 Å². The number of nitrogens with one attached hydrogen (secondary N) is 2. The highest BCUT2D eigenvalue weighted by atomic mass is 32.2. The van der Waals surface area contributed by atoms with Crippen molar-refractivity contribution in [2.75, 3.05) is 19.9 Å². The van der Waals surface area contributed by atoms with E-state index in [1.54, 1.807) is 0 Å². The van der Waals surface area contributed by atoms with Crippen molar-refractivity contribution in [3.8, 4) is 0 Å². The van der Waals surface area contributed by atoms with Crippen LogP contribution in [0.25, 0.3) is 11.0 Å². The van der Waals surface area contributed by atoms with Gasteiger partial charge < -0.3 is 19.9 Å². The number of H-pyrrole nitrogens is 1. The van der Waals surface area contributed by atoms with Crippen molar-refractivity contribution in [1.82, 2.24) is 20.2 Å². The number of para-hydroxylation sites is 1. The third kappa shape index (κ3) is 7.12. The SMILES string of the molecule is COC(=O)c1ccc(S(=O)(=O)C[C@H]2CC(N(C)C(C)C)CC[C@H]2NC(=O)Cc2nc3c(C(F)(F)F)cccc3[nH]2)cc1. The molecule has 2 N–H and O–H groups in total. The molecule has 1 aliphatic carbocycles. The summed E-state index contributed by atoms with van der Waals surface area (Å²) in [5, 5.41) is 2.94. The summed E-state index contributed by atoms with van der Waals surface area (Å²) in [5.74, 6) is -1.60. The van der Waals surface area contributed by atoms with Crippen LogP contribution in [-0.2, 0) is 32.0 Å². The minimum atomic E-state index is -4.59. The van der Waals surface area contributed by atoms with Crippen molar-refractivity contribution >= 4 is 32.7 Å². The summed E-state index contributed by atoms with van der Waals surface area (Å²) in [6, 6.07) is 9.07. The fraction of sp³-hybridized carbons (Fsp3) is 0.483. The number of methoxy groups -OCH3 is 1. The molecule has 4 rings (SSSR count). The molecule has 0 radical (unpaired) electrons. The Morgan fingerprint density at radius 2 is 1.83 bits per heavy atom. The number of hydrogen-bond donors (Lipinski definition) is 2. The molecule has 1 unspecified atom stereocenters. The van der Waals surface area contributed by atoms with Crippen molar-refractivity contribution in [3.63, 3.8) is 0 Å². The fourth-order valence-corrected chi connectivity index (χ4v) is 7.18. The normalized spacial score (nSPS) is 19.8. The van der Waals surface area contributed by atoms with Gasteiger partial charge in [-0.05, 0) is 82.5 Å². The van der Waals surface area contributed by atoms with Crippen molar-refractivity contribution in [1.29, 1.82) is 0 Å². The lowest BCUT2D eigenvalue weighted by molar-refractivity contribution is -0.136. The molecule has 228 valence electrons. The second kappa shape index (κ2) is 12.4. The lowest BCUT2D eigenvalue weighted by atomic mass is 9.81. The van der Waals surface area contributed by atoms with Gasteiger partial charge in [-0.25, -0.2) is 18.2 Å². The van der Waals surface area contributed by atoms with Gasteiger partial charge in [-0.3, -0.25) is 4.79 Å². The van der Waals surface area contributed by atoms with Gasteiger partial charge in [0.15, 0.2) is 9.84 Å². The Kier molecular flexibility index (Phi) is 9.31. The zero-order valence-electron chi connectivity index (χ0n) is 23.9. The van der Waals surface area contributed by atoms with Gasteiger partial charge in [-0.1, -0.05) is 6.07 Å². The molecule has 0 aliphatic heterocycles. The van der Waals surface area contributed by atoms with Crippen LogP contribution in [0.1, 0.15) is 54.9 Å². The highest BCUT2D eigenvalue weighted by Gasteiger charge is 2.37. The first-order chi connectivity index (χ1) is 19.7. The van der Waals surface area contributed by atoms with Crippen LogP contribution in [0.2, 0.25) is 0 Å². The molecule has 0 spiro atoms. The van der Waals surface area contributed by atoms with Gasteiger partial charge in [0.2, 0.25) is 5.91 Å². The third-order valence-corrected chi connectivity index (χ3v) is 9.81. The maximum Gasteiger partial charge on any atom is 0.418 e. The molecule has 1 aromatic heterocycles. The van der Waals surface area contributed by atoms with Gasteiger partial charge in [0, 0.05) is 18.1 Å². The number of esters is 1. The van der Waals surface area contributed by atoms with Crippen LogP contribution in [0.15, 0.2) is 47.4 Å². The number of ether oxygens (including phenoxy) is 1. The molecule has 3 aromatic rings. The van der Waals surface area contributed by atoms with Gasteiger partial charge in [0.25, 0.3) is 0 Å². The number of benzene rings is 2. The molecule has 13 heteroatoms. The molecular formula is C29H35F3N4O5S. The number of halogens is 3. The lowest BCUT2D eigenvalue weighted by Crippen LogP contribution is -2.51. The predicted octanol–water partition coefficient (Wildman–Crippen LogP) is 4.38. The second-order valence-corrected chi connectivity index (χ2v) is 13.1. The third-order valence-electron chi connectivity index (χ3n) is 7.95. The molecule has 1 fully saturated rings. The van der Waals surface area contributed by atoms with Crippen molar-refractivity contribution in [2.45, 2.75) is 68.7 Å². The number of aromatic nitrogens is 2. The molecule has 1 saturated carbocycles. The average molecular weight is 609 g/mol. The molecule has 1 heterocycles.